The van der Waals surface area contributed by atoms with Crippen LogP contribution in [0.1, 0.15) is 44.6 Å². The van der Waals surface area contributed by atoms with Crippen molar-refractivity contribution >= 4 is 22.5 Å². The SMILES string of the molecule is CC(=O)OC1C[C@H]2[C@@H]3OC4=C(C=C3C=C[C@]2(C)[C@H]1c1ccc2cnccc2c1)C(=O)CC(CN)C4. The molecule has 3 aliphatic carbocycles. The van der Waals surface area contributed by atoms with Gasteiger partial charge in [0, 0.05) is 54.8 Å². The van der Waals surface area contributed by atoms with Gasteiger partial charge in [-0.05, 0) is 47.5 Å². The summed E-state index contributed by atoms with van der Waals surface area (Å²) in [5, 5.41) is 2.19. The Bertz CT molecular complexity index is 1320. The van der Waals surface area contributed by atoms with Gasteiger partial charge in [-0.2, -0.15) is 0 Å². The van der Waals surface area contributed by atoms with Gasteiger partial charge in [0.1, 0.15) is 18.0 Å². The van der Waals surface area contributed by atoms with Crippen molar-refractivity contribution in [3.05, 3.63) is 77.4 Å². The summed E-state index contributed by atoms with van der Waals surface area (Å²) in [4.78, 5) is 29.1. The number of rotatable bonds is 3. The molecule has 0 bridgehead atoms. The van der Waals surface area contributed by atoms with Gasteiger partial charge in [-0.15, -0.1) is 0 Å². The third-order valence-electron chi connectivity index (χ3n) is 8.46. The summed E-state index contributed by atoms with van der Waals surface area (Å²) >= 11 is 0. The maximum absolute atomic E-state index is 12.8. The monoisotopic (exact) mass is 470 g/mol. The van der Waals surface area contributed by atoms with E-state index in [0.29, 0.717) is 31.4 Å². The fourth-order valence-corrected chi connectivity index (χ4v) is 6.76. The lowest BCUT2D eigenvalue weighted by atomic mass is 9.64. The lowest BCUT2D eigenvalue weighted by Gasteiger charge is -2.44. The molecule has 6 heteroatoms. The van der Waals surface area contributed by atoms with E-state index in [1.807, 2.05) is 18.3 Å². The van der Waals surface area contributed by atoms with Crippen LogP contribution in [0, 0.1) is 17.3 Å². The van der Waals surface area contributed by atoms with Crippen LogP contribution < -0.4 is 5.73 Å². The summed E-state index contributed by atoms with van der Waals surface area (Å²) in [7, 11) is 0. The maximum atomic E-state index is 12.8. The second-order valence-electron chi connectivity index (χ2n) is 10.6. The number of hydrogen-bond acceptors (Lipinski definition) is 6. The maximum Gasteiger partial charge on any atom is 0.302 e. The number of carbonyl (C=O) groups excluding carboxylic acids is 2. The van der Waals surface area contributed by atoms with E-state index in [0.717, 1.165) is 27.7 Å². The number of nitrogens with two attached hydrogens (primary N) is 1. The van der Waals surface area contributed by atoms with E-state index < -0.39 is 0 Å². The molecule has 0 radical (unpaired) electrons. The molecule has 1 saturated carbocycles. The Hall–Kier alpha value is -3.25. The molecule has 35 heavy (non-hydrogen) atoms. The average Bonchev–Trinajstić information content (AvgIpc) is 3.14. The van der Waals surface area contributed by atoms with Gasteiger partial charge in [0.05, 0.1) is 5.57 Å². The third kappa shape index (κ3) is 3.54. The van der Waals surface area contributed by atoms with E-state index in [2.05, 4.69) is 42.3 Å². The largest absolute Gasteiger partial charge is 0.489 e. The Morgan fingerprint density at radius 1 is 1.26 bits per heavy atom. The van der Waals surface area contributed by atoms with Crippen molar-refractivity contribution in [1.29, 1.82) is 0 Å². The van der Waals surface area contributed by atoms with Gasteiger partial charge in [-0.3, -0.25) is 14.6 Å². The Kier molecular flexibility index (Phi) is 5.18. The summed E-state index contributed by atoms with van der Waals surface area (Å²) in [6, 6.07) is 8.43. The summed E-state index contributed by atoms with van der Waals surface area (Å²) in [5.41, 5.74) is 8.48. The highest BCUT2D eigenvalue weighted by Crippen LogP contribution is 2.60. The number of aromatic nitrogens is 1. The zero-order chi connectivity index (χ0) is 24.3. The predicted molar refractivity (Wildman–Crippen MR) is 132 cm³/mol. The summed E-state index contributed by atoms with van der Waals surface area (Å²) < 4.78 is 12.6. The molecule has 2 N–H and O–H groups in total. The first-order valence-corrected chi connectivity index (χ1v) is 12.4. The first kappa shape index (κ1) is 22.2. The van der Waals surface area contributed by atoms with Gasteiger partial charge in [0.25, 0.3) is 0 Å². The lowest BCUT2D eigenvalue weighted by Crippen LogP contribution is -2.41. The molecule has 1 aromatic heterocycles. The molecular weight excluding hydrogens is 440 g/mol. The molecule has 0 spiro atoms. The lowest BCUT2D eigenvalue weighted by molar-refractivity contribution is -0.147. The Balaban J connectivity index is 1.41. The molecule has 2 unspecified atom stereocenters. The number of hydrogen-bond donors (Lipinski definition) is 1. The smallest absolute Gasteiger partial charge is 0.302 e. The number of benzene rings is 1. The van der Waals surface area contributed by atoms with Gasteiger partial charge in [0.2, 0.25) is 0 Å². The number of nitrogens with zero attached hydrogens (tertiary/aromatic N) is 1. The van der Waals surface area contributed by atoms with Crippen LogP contribution in [-0.2, 0) is 19.1 Å². The summed E-state index contributed by atoms with van der Waals surface area (Å²) in [5.74, 6) is 0.819. The van der Waals surface area contributed by atoms with E-state index in [9.17, 15) is 9.59 Å². The zero-order valence-electron chi connectivity index (χ0n) is 20.1. The van der Waals surface area contributed by atoms with Crippen molar-refractivity contribution in [3.8, 4) is 0 Å². The molecule has 6 atom stereocenters. The van der Waals surface area contributed by atoms with Crippen molar-refractivity contribution < 1.29 is 19.1 Å². The molecule has 6 nitrogen and oxygen atoms in total. The van der Waals surface area contributed by atoms with E-state index in [4.69, 9.17) is 15.2 Å². The predicted octanol–water partition coefficient (Wildman–Crippen LogP) is 4.36. The normalized spacial score (nSPS) is 33.5. The van der Waals surface area contributed by atoms with Crippen molar-refractivity contribution in [2.75, 3.05) is 6.54 Å². The molecule has 4 aliphatic rings. The van der Waals surface area contributed by atoms with Crippen LogP contribution in [0.3, 0.4) is 0 Å². The van der Waals surface area contributed by atoms with Crippen molar-refractivity contribution in [2.45, 2.75) is 51.2 Å². The van der Waals surface area contributed by atoms with Gasteiger partial charge in [-0.1, -0.05) is 37.3 Å². The number of esters is 1. The van der Waals surface area contributed by atoms with Crippen LogP contribution in [0.5, 0.6) is 0 Å². The van der Waals surface area contributed by atoms with Crippen LogP contribution in [0.15, 0.2) is 71.8 Å². The van der Waals surface area contributed by atoms with Gasteiger partial charge < -0.3 is 15.2 Å². The molecule has 1 aromatic carbocycles. The van der Waals surface area contributed by atoms with Crippen LogP contribution >= 0.6 is 0 Å². The molecule has 1 aliphatic heterocycles. The first-order valence-electron chi connectivity index (χ1n) is 12.4. The quantitative estimate of drug-likeness (QED) is 0.670. The number of carbonyl (C=O) groups is 2. The topological polar surface area (TPSA) is 91.5 Å². The van der Waals surface area contributed by atoms with E-state index in [1.54, 1.807) is 6.20 Å². The third-order valence-corrected chi connectivity index (χ3v) is 8.46. The van der Waals surface area contributed by atoms with Crippen molar-refractivity contribution in [1.82, 2.24) is 4.98 Å². The Morgan fingerprint density at radius 3 is 2.91 bits per heavy atom. The minimum atomic E-state index is -0.285. The second kappa shape index (κ2) is 8.16. The fourth-order valence-electron chi connectivity index (χ4n) is 6.76. The molecule has 1 fully saturated rings. The average molecular weight is 471 g/mol. The molecule has 0 amide bonds. The summed E-state index contributed by atoms with van der Waals surface area (Å²) in [6.07, 6.45) is 11.5. The molecule has 2 aromatic rings. The minimum absolute atomic E-state index is 0.0180. The Labute approximate surface area is 204 Å². The second-order valence-corrected chi connectivity index (χ2v) is 10.6. The van der Waals surface area contributed by atoms with Gasteiger partial charge in [-0.25, -0.2) is 0 Å². The Morgan fingerprint density at radius 2 is 2.11 bits per heavy atom. The highest BCUT2D eigenvalue weighted by Gasteiger charge is 2.58. The molecule has 0 saturated heterocycles. The summed E-state index contributed by atoms with van der Waals surface area (Å²) in [6.45, 7) is 4.20. The number of Topliss-reactive ketones (excluding diaryl/α,β-unsaturated/α-hetero) is 1. The number of fused-ring (bicyclic) bond motifs is 4. The van der Waals surface area contributed by atoms with Crippen LogP contribution in [0.25, 0.3) is 10.8 Å². The first-order chi connectivity index (χ1) is 16.9. The van der Waals surface area contributed by atoms with Crippen molar-refractivity contribution in [3.63, 3.8) is 0 Å². The number of ketones is 1. The van der Waals surface area contributed by atoms with E-state index in [1.165, 1.54) is 6.92 Å². The zero-order valence-corrected chi connectivity index (χ0v) is 20.1. The number of pyridine rings is 1. The van der Waals surface area contributed by atoms with Crippen molar-refractivity contribution in [2.24, 2.45) is 23.0 Å². The molecule has 2 heterocycles. The van der Waals surface area contributed by atoms with Crippen LogP contribution in [0.4, 0.5) is 0 Å². The van der Waals surface area contributed by atoms with Crippen LogP contribution in [-0.4, -0.2) is 35.5 Å². The molecule has 6 rings (SSSR count). The highest BCUT2D eigenvalue weighted by molar-refractivity contribution is 6.00. The van der Waals surface area contributed by atoms with Gasteiger partial charge in [0.15, 0.2) is 5.78 Å². The van der Waals surface area contributed by atoms with Crippen LogP contribution in [0.2, 0.25) is 0 Å². The standard InChI is InChI=1S/C29H30N2O4/c1-16(32)34-26-13-23-28-20(12-22-24(33)9-17(14-30)10-25(22)35-28)5-7-29(23,2)27(26)19-3-4-21-15-31-8-6-18(21)11-19/h3-8,11-12,15,17,23,26-28H,9-10,13-14,30H2,1-2H3/t17?,23-,26?,27-,28+,29-/m0/s1. The molecule has 180 valence electrons. The molecular formula is C29H30N2O4. The van der Waals surface area contributed by atoms with E-state index >= 15 is 0 Å². The van der Waals surface area contributed by atoms with E-state index in [-0.39, 0.29) is 47.1 Å². The number of allylic oxidation sites excluding steroid dienone is 4. The number of ether oxygens (including phenoxy) is 2. The minimum Gasteiger partial charge on any atom is -0.489 e. The van der Waals surface area contributed by atoms with Gasteiger partial charge >= 0.3 is 5.97 Å². The fraction of sp³-hybridized carbons (Fsp3) is 0.414. The highest BCUT2D eigenvalue weighted by atomic mass is 16.5.